The second kappa shape index (κ2) is 5.72. The zero-order valence-electron chi connectivity index (χ0n) is 10.6. The molecule has 2 rings (SSSR count). The maximum absolute atomic E-state index is 5.91. The molecule has 2 unspecified atom stereocenters. The number of halogens is 1. The molecule has 94 valence electrons. The van der Waals surface area contributed by atoms with Crippen molar-refractivity contribution in [2.24, 2.45) is 11.8 Å². The summed E-state index contributed by atoms with van der Waals surface area (Å²) in [4.78, 5) is 4.01. The molecule has 1 aliphatic rings. The van der Waals surface area contributed by atoms with Gasteiger partial charge < -0.3 is 5.32 Å². The summed E-state index contributed by atoms with van der Waals surface area (Å²) in [6, 6.07) is 4.49. The standard InChI is InChI=1S/C14H21ClN2/c1-10(2)12-5-3-4-6-13(12)17-11-7-8-16-14(15)9-11/h7-10,12-13H,3-6H2,1-2H3,(H,16,17). The van der Waals surface area contributed by atoms with Gasteiger partial charge in [0.2, 0.25) is 0 Å². The highest BCUT2D eigenvalue weighted by Gasteiger charge is 2.27. The third-order valence-corrected chi connectivity index (χ3v) is 3.96. The van der Waals surface area contributed by atoms with Gasteiger partial charge in [-0.25, -0.2) is 4.98 Å². The Balaban J connectivity index is 2.05. The van der Waals surface area contributed by atoms with Crippen LogP contribution < -0.4 is 5.32 Å². The van der Waals surface area contributed by atoms with Crippen LogP contribution >= 0.6 is 11.6 Å². The minimum absolute atomic E-state index is 0.562. The van der Waals surface area contributed by atoms with Gasteiger partial charge in [-0.1, -0.05) is 38.3 Å². The first-order valence-corrected chi connectivity index (χ1v) is 6.92. The van der Waals surface area contributed by atoms with Gasteiger partial charge in [-0.15, -0.1) is 0 Å². The number of pyridine rings is 1. The normalized spacial score (nSPS) is 24.9. The van der Waals surface area contributed by atoms with Gasteiger partial charge in [0.25, 0.3) is 0 Å². The molecule has 2 nitrogen and oxygen atoms in total. The van der Waals surface area contributed by atoms with E-state index in [4.69, 9.17) is 11.6 Å². The summed E-state index contributed by atoms with van der Waals surface area (Å²) in [7, 11) is 0. The molecule has 1 aliphatic carbocycles. The van der Waals surface area contributed by atoms with Crippen molar-refractivity contribution in [2.45, 2.75) is 45.6 Å². The predicted molar refractivity (Wildman–Crippen MR) is 73.5 cm³/mol. The van der Waals surface area contributed by atoms with Gasteiger partial charge in [0.15, 0.2) is 0 Å². The van der Waals surface area contributed by atoms with Crippen LogP contribution in [0, 0.1) is 11.8 Å². The molecule has 0 bridgehead atoms. The monoisotopic (exact) mass is 252 g/mol. The molecule has 0 radical (unpaired) electrons. The van der Waals surface area contributed by atoms with E-state index in [1.165, 1.54) is 25.7 Å². The van der Waals surface area contributed by atoms with E-state index < -0.39 is 0 Å². The number of hydrogen-bond acceptors (Lipinski definition) is 2. The Morgan fingerprint density at radius 3 is 2.82 bits per heavy atom. The van der Waals surface area contributed by atoms with Crippen molar-refractivity contribution in [3.8, 4) is 0 Å². The minimum atomic E-state index is 0.562. The topological polar surface area (TPSA) is 24.9 Å². The lowest BCUT2D eigenvalue weighted by Gasteiger charge is -2.35. The van der Waals surface area contributed by atoms with E-state index in [2.05, 4.69) is 24.1 Å². The van der Waals surface area contributed by atoms with Crippen molar-refractivity contribution < 1.29 is 0 Å². The molecular formula is C14H21ClN2. The van der Waals surface area contributed by atoms with E-state index >= 15 is 0 Å². The fourth-order valence-electron chi connectivity index (χ4n) is 2.84. The van der Waals surface area contributed by atoms with E-state index in [-0.39, 0.29) is 0 Å². The number of nitrogens with one attached hydrogen (secondary N) is 1. The largest absolute Gasteiger partial charge is 0.382 e. The molecule has 0 spiro atoms. The Hall–Kier alpha value is -0.760. The number of aromatic nitrogens is 1. The fraction of sp³-hybridized carbons (Fsp3) is 0.643. The molecule has 17 heavy (non-hydrogen) atoms. The summed E-state index contributed by atoms with van der Waals surface area (Å²) in [6.45, 7) is 4.65. The van der Waals surface area contributed by atoms with Crippen molar-refractivity contribution >= 4 is 17.3 Å². The highest BCUT2D eigenvalue weighted by Crippen LogP contribution is 2.32. The molecule has 0 saturated heterocycles. The van der Waals surface area contributed by atoms with Crippen LogP contribution in [0.25, 0.3) is 0 Å². The van der Waals surface area contributed by atoms with Crippen molar-refractivity contribution in [3.63, 3.8) is 0 Å². The summed E-state index contributed by atoms with van der Waals surface area (Å²) < 4.78 is 0. The summed E-state index contributed by atoms with van der Waals surface area (Å²) in [5.41, 5.74) is 1.10. The molecule has 0 aliphatic heterocycles. The predicted octanol–water partition coefficient (Wildman–Crippen LogP) is 4.36. The molecular weight excluding hydrogens is 232 g/mol. The third kappa shape index (κ3) is 3.35. The Labute approximate surface area is 109 Å². The fourth-order valence-corrected chi connectivity index (χ4v) is 3.02. The zero-order chi connectivity index (χ0) is 12.3. The Kier molecular flexibility index (Phi) is 4.27. The van der Waals surface area contributed by atoms with Gasteiger partial charge in [-0.3, -0.25) is 0 Å². The first kappa shape index (κ1) is 12.7. The summed E-state index contributed by atoms with van der Waals surface area (Å²) in [5.74, 6) is 1.51. The third-order valence-electron chi connectivity index (χ3n) is 3.75. The van der Waals surface area contributed by atoms with Crippen molar-refractivity contribution in [2.75, 3.05) is 5.32 Å². The molecule has 1 aromatic heterocycles. The maximum Gasteiger partial charge on any atom is 0.131 e. The number of nitrogens with zero attached hydrogens (tertiary/aromatic N) is 1. The molecule has 0 aromatic carbocycles. The van der Waals surface area contributed by atoms with Crippen LogP contribution in [-0.4, -0.2) is 11.0 Å². The van der Waals surface area contributed by atoms with Crippen LogP contribution in [0.15, 0.2) is 18.3 Å². The first-order chi connectivity index (χ1) is 8.16. The Morgan fingerprint density at radius 2 is 2.12 bits per heavy atom. The average Bonchev–Trinajstić information content (AvgIpc) is 2.29. The Morgan fingerprint density at radius 1 is 1.35 bits per heavy atom. The van der Waals surface area contributed by atoms with Crippen molar-refractivity contribution in [3.05, 3.63) is 23.5 Å². The zero-order valence-corrected chi connectivity index (χ0v) is 11.4. The first-order valence-electron chi connectivity index (χ1n) is 6.55. The van der Waals surface area contributed by atoms with Crippen molar-refractivity contribution in [1.82, 2.24) is 4.98 Å². The number of rotatable bonds is 3. The summed E-state index contributed by atoms with van der Waals surface area (Å²) in [5, 5.41) is 4.19. The van der Waals surface area contributed by atoms with Crippen LogP contribution in [0.2, 0.25) is 5.15 Å². The quantitative estimate of drug-likeness (QED) is 0.809. The SMILES string of the molecule is CC(C)C1CCCCC1Nc1ccnc(Cl)c1. The van der Waals surface area contributed by atoms with Crippen molar-refractivity contribution in [1.29, 1.82) is 0 Å². The maximum atomic E-state index is 5.91. The molecule has 1 heterocycles. The summed E-state index contributed by atoms with van der Waals surface area (Å²) >= 11 is 5.91. The van der Waals surface area contributed by atoms with Gasteiger partial charge in [-0.2, -0.15) is 0 Å². The van der Waals surface area contributed by atoms with E-state index in [9.17, 15) is 0 Å². The van der Waals surface area contributed by atoms with E-state index in [0.29, 0.717) is 11.2 Å². The van der Waals surface area contributed by atoms with Gasteiger partial charge in [0, 0.05) is 17.9 Å². The molecule has 1 fully saturated rings. The smallest absolute Gasteiger partial charge is 0.131 e. The van der Waals surface area contributed by atoms with Crippen LogP contribution in [0.4, 0.5) is 5.69 Å². The van der Waals surface area contributed by atoms with E-state index in [0.717, 1.165) is 17.5 Å². The second-order valence-corrected chi connectivity index (χ2v) is 5.70. The van der Waals surface area contributed by atoms with E-state index in [1.807, 2.05) is 12.1 Å². The molecule has 0 amide bonds. The molecule has 1 saturated carbocycles. The van der Waals surface area contributed by atoms with Crippen LogP contribution in [0.5, 0.6) is 0 Å². The number of anilines is 1. The highest BCUT2D eigenvalue weighted by atomic mass is 35.5. The lowest BCUT2D eigenvalue weighted by Crippen LogP contribution is -2.35. The van der Waals surface area contributed by atoms with Gasteiger partial charge >= 0.3 is 0 Å². The molecule has 1 aromatic rings. The number of hydrogen-bond donors (Lipinski definition) is 1. The molecule has 1 N–H and O–H groups in total. The second-order valence-electron chi connectivity index (χ2n) is 5.31. The minimum Gasteiger partial charge on any atom is -0.382 e. The highest BCUT2D eigenvalue weighted by molar-refractivity contribution is 6.29. The summed E-state index contributed by atoms with van der Waals surface area (Å²) in [6.07, 6.45) is 7.08. The lowest BCUT2D eigenvalue weighted by atomic mass is 9.78. The average molecular weight is 253 g/mol. The van der Waals surface area contributed by atoms with Gasteiger partial charge in [-0.05, 0) is 36.8 Å². The van der Waals surface area contributed by atoms with Crippen LogP contribution in [0.1, 0.15) is 39.5 Å². The lowest BCUT2D eigenvalue weighted by molar-refractivity contribution is 0.254. The van der Waals surface area contributed by atoms with Gasteiger partial charge in [0.05, 0.1) is 0 Å². The van der Waals surface area contributed by atoms with Crippen LogP contribution in [0.3, 0.4) is 0 Å². The van der Waals surface area contributed by atoms with E-state index in [1.54, 1.807) is 6.20 Å². The Bertz CT molecular complexity index is 365. The molecule has 3 heteroatoms. The van der Waals surface area contributed by atoms with Gasteiger partial charge in [0.1, 0.15) is 5.15 Å². The molecule has 2 atom stereocenters. The van der Waals surface area contributed by atoms with Crippen LogP contribution in [-0.2, 0) is 0 Å².